The Bertz CT molecular complexity index is 464. The van der Waals surface area contributed by atoms with Crippen LogP contribution in [0.25, 0.3) is 0 Å². The van der Waals surface area contributed by atoms with E-state index in [1.54, 1.807) is 6.08 Å². The average molecular weight is 403 g/mol. The van der Waals surface area contributed by atoms with Gasteiger partial charge < -0.3 is 8.97 Å². The maximum atomic E-state index is 12.0. The molecule has 0 spiro atoms. The van der Waals surface area contributed by atoms with Gasteiger partial charge in [0.25, 0.3) is 0 Å². The first-order valence-corrected chi connectivity index (χ1v) is 11.5. The van der Waals surface area contributed by atoms with Crippen molar-refractivity contribution < 1.29 is 18.6 Å². The van der Waals surface area contributed by atoms with Gasteiger partial charge in [0.05, 0.1) is 64.9 Å². The third kappa shape index (κ3) is 11.2. The Morgan fingerprint density at radius 3 is 1.96 bits per heavy atom. The van der Waals surface area contributed by atoms with Crippen molar-refractivity contribution in [3.63, 3.8) is 0 Å². The lowest BCUT2D eigenvalue weighted by molar-refractivity contribution is -0.920. The van der Waals surface area contributed by atoms with Crippen LogP contribution in [0, 0.1) is 0 Å². The average Bonchev–Trinajstić information content (AvgIpc) is 2.62. The SMILES string of the molecule is C=CC(=O)SCC[N+](C)(C)CC/C=C/C(=O)SCC[N+](CC)(CC)CC. The van der Waals surface area contributed by atoms with Crippen molar-refractivity contribution in [1.29, 1.82) is 0 Å². The number of thioether (sulfide) groups is 2. The minimum atomic E-state index is 0.0318. The molecule has 0 aromatic heterocycles. The van der Waals surface area contributed by atoms with Gasteiger partial charge in [-0.15, -0.1) is 0 Å². The number of quaternary nitrogens is 2. The zero-order chi connectivity index (χ0) is 20.1. The highest BCUT2D eigenvalue weighted by molar-refractivity contribution is 8.14. The van der Waals surface area contributed by atoms with E-state index in [9.17, 15) is 9.59 Å². The molecule has 0 fully saturated rings. The van der Waals surface area contributed by atoms with Crippen molar-refractivity contribution in [2.24, 2.45) is 0 Å². The van der Waals surface area contributed by atoms with E-state index in [1.807, 2.05) is 6.08 Å². The number of rotatable bonds is 14. The van der Waals surface area contributed by atoms with Crippen molar-refractivity contribution >= 4 is 33.8 Å². The summed E-state index contributed by atoms with van der Waals surface area (Å²) in [4.78, 5) is 23.2. The van der Waals surface area contributed by atoms with Gasteiger partial charge >= 0.3 is 0 Å². The quantitative estimate of drug-likeness (QED) is 0.328. The van der Waals surface area contributed by atoms with Crippen LogP contribution >= 0.6 is 23.5 Å². The summed E-state index contributed by atoms with van der Waals surface area (Å²) in [5.74, 6) is 1.68. The van der Waals surface area contributed by atoms with Crippen LogP contribution < -0.4 is 0 Å². The van der Waals surface area contributed by atoms with Gasteiger partial charge in [-0.2, -0.15) is 0 Å². The molecule has 0 atom stereocenters. The van der Waals surface area contributed by atoms with Crippen LogP contribution in [0.4, 0.5) is 0 Å². The van der Waals surface area contributed by atoms with E-state index in [0.717, 1.165) is 66.2 Å². The molecule has 4 nitrogen and oxygen atoms in total. The predicted octanol–water partition coefficient (Wildman–Crippen LogP) is 3.59. The summed E-state index contributed by atoms with van der Waals surface area (Å²) in [6, 6.07) is 0. The molecule has 0 aliphatic heterocycles. The maximum absolute atomic E-state index is 12.0. The lowest BCUT2D eigenvalue weighted by atomic mass is 10.3. The molecule has 0 amide bonds. The fraction of sp³-hybridized carbons (Fsp3) is 0.700. The van der Waals surface area contributed by atoms with E-state index in [1.165, 1.54) is 29.6 Å². The number of carbonyl (C=O) groups is 2. The molecular weight excluding hydrogens is 364 g/mol. The first kappa shape index (κ1) is 25.4. The van der Waals surface area contributed by atoms with E-state index in [-0.39, 0.29) is 10.2 Å². The molecule has 0 aliphatic carbocycles. The van der Waals surface area contributed by atoms with Crippen LogP contribution in [0.1, 0.15) is 27.2 Å². The van der Waals surface area contributed by atoms with Gasteiger partial charge in [-0.05, 0) is 32.9 Å². The summed E-state index contributed by atoms with van der Waals surface area (Å²) in [6.07, 6.45) is 5.94. The Hall–Kier alpha value is -0.560. The van der Waals surface area contributed by atoms with Crippen molar-refractivity contribution in [3.05, 3.63) is 24.8 Å². The lowest BCUT2D eigenvalue weighted by Gasteiger charge is -2.35. The molecule has 0 N–H and O–H groups in total. The van der Waals surface area contributed by atoms with Gasteiger partial charge in [-0.1, -0.05) is 36.2 Å². The Labute approximate surface area is 169 Å². The minimum Gasteiger partial charge on any atom is -0.328 e. The maximum Gasteiger partial charge on any atom is 0.212 e. The number of hydrogen-bond donors (Lipinski definition) is 0. The predicted molar refractivity (Wildman–Crippen MR) is 117 cm³/mol. The van der Waals surface area contributed by atoms with Crippen LogP contribution in [0.2, 0.25) is 0 Å². The van der Waals surface area contributed by atoms with Gasteiger partial charge in [-0.25, -0.2) is 0 Å². The molecule has 0 aromatic carbocycles. The fourth-order valence-corrected chi connectivity index (χ4v) is 4.48. The standard InChI is InChI=1S/C20H38N2O2S2/c1-7-19(23)25-17-15-21(5,6)14-12-11-13-20(24)26-18-16-22(8-2,9-3)10-4/h7,11,13H,1,8-10,12,14-18H2,2-6H3/q+2/b13-11+. The molecule has 6 heteroatoms. The van der Waals surface area contributed by atoms with Crippen LogP contribution in [-0.4, -0.2) is 84.1 Å². The second kappa shape index (κ2) is 13.6. The summed E-state index contributed by atoms with van der Waals surface area (Å²) < 4.78 is 1.93. The van der Waals surface area contributed by atoms with E-state index < -0.39 is 0 Å². The Kier molecular flexibility index (Phi) is 13.3. The normalized spacial score (nSPS) is 12.5. The molecular formula is C20H38N2O2S2+2. The number of carbonyl (C=O) groups excluding carboxylic acids is 2. The molecule has 0 heterocycles. The zero-order valence-corrected chi connectivity index (χ0v) is 19.0. The highest BCUT2D eigenvalue weighted by Crippen LogP contribution is 2.12. The van der Waals surface area contributed by atoms with Crippen LogP contribution in [0.3, 0.4) is 0 Å². The first-order valence-electron chi connectivity index (χ1n) is 9.53. The number of hydrogen-bond acceptors (Lipinski definition) is 4. The molecule has 0 radical (unpaired) electrons. The van der Waals surface area contributed by atoms with Gasteiger partial charge in [0.2, 0.25) is 10.2 Å². The number of nitrogens with zero attached hydrogens (tertiary/aromatic N) is 2. The fourth-order valence-electron chi connectivity index (χ4n) is 2.70. The topological polar surface area (TPSA) is 34.1 Å². The van der Waals surface area contributed by atoms with E-state index in [4.69, 9.17) is 0 Å². The smallest absolute Gasteiger partial charge is 0.212 e. The molecule has 0 saturated heterocycles. The van der Waals surface area contributed by atoms with Gasteiger partial charge in [-0.3, -0.25) is 9.59 Å². The van der Waals surface area contributed by atoms with Crippen LogP contribution in [-0.2, 0) is 9.59 Å². The molecule has 0 bridgehead atoms. The largest absolute Gasteiger partial charge is 0.328 e. The molecule has 0 aromatic rings. The second-order valence-corrected chi connectivity index (χ2v) is 9.33. The Balaban J connectivity index is 4.07. The van der Waals surface area contributed by atoms with Crippen LogP contribution in [0.5, 0.6) is 0 Å². The summed E-state index contributed by atoms with van der Waals surface area (Å²) in [5.41, 5.74) is 0. The third-order valence-electron chi connectivity index (χ3n) is 5.09. The molecule has 26 heavy (non-hydrogen) atoms. The van der Waals surface area contributed by atoms with Crippen molar-refractivity contribution in [2.45, 2.75) is 27.2 Å². The second-order valence-electron chi connectivity index (χ2n) is 7.13. The van der Waals surface area contributed by atoms with Gasteiger partial charge in [0.1, 0.15) is 0 Å². The van der Waals surface area contributed by atoms with Crippen molar-refractivity contribution in [1.82, 2.24) is 0 Å². The Morgan fingerprint density at radius 2 is 1.42 bits per heavy atom. The summed E-state index contributed by atoms with van der Waals surface area (Å²) in [5, 5.41) is 0.188. The minimum absolute atomic E-state index is 0.0318. The first-order chi connectivity index (χ1) is 12.2. The van der Waals surface area contributed by atoms with Crippen LogP contribution in [0.15, 0.2) is 24.8 Å². The van der Waals surface area contributed by atoms with E-state index in [2.05, 4.69) is 41.4 Å². The molecule has 0 rings (SSSR count). The monoisotopic (exact) mass is 402 g/mol. The van der Waals surface area contributed by atoms with E-state index in [0.29, 0.717) is 0 Å². The molecule has 0 aliphatic rings. The van der Waals surface area contributed by atoms with Gasteiger partial charge in [0, 0.05) is 6.42 Å². The summed E-state index contributed by atoms with van der Waals surface area (Å²) in [7, 11) is 4.31. The Morgan fingerprint density at radius 1 is 0.885 bits per heavy atom. The van der Waals surface area contributed by atoms with Crippen molar-refractivity contribution in [2.75, 3.05) is 64.9 Å². The summed E-state index contributed by atoms with van der Waals surface area (Å²) in [6.45, 7) is 16.5. The van der Waals surface area contributed by atoms with Gasteiger partial charge in [0.15, 0.2) is 0 Å². The third-order valence-corrected chi connectivity index (χ3v) is 6.73. The summed E-state index contributed by atoms with van der Waals surface area (Å²) >= 11 is 2.74. The molecule has 0 saturated carbocycles. The van der Waals surface area contributed by atoms with E-state index >= 15 is 0 Å². The molecule has 150 valence electrons. The highest BCUT2D eigenvalue weighted by Gasteiger charge is 2.20. The highest BCUT2D eigenvalue weighted by atomic mass is 32.2. The molecule has 0 unspecified atom stereocenters. The lowest BCUT2D eigenvalue weighted by Crippen LogP contribution is -2.49. The van der Waals surface area contributed by atoms with Crippen molar-refractivity contribution in [3.8, 4) is 0 Å². The zero-order valence-electron chi connectivity index (χ0n) is 17.3.